The highest BCUT2D eigenvalue weighted by molar-refractivity contribution is 7.32. The SMILES string of the molecule is CC(C)(c1ccccc1)c1ccc2c(c1)c1cc(C(C)(C)c3ccccc3)ccc1n2-c1ccc2c(c1)c1cc(-c3ccccc3)ccc1n2-c1cccc([Si]2(c3ccccc3)c3ccccc3[Si](c3ccccc3)(c3ccccc3)c3ccccc32)c1. The summed E-state index contributed by atoms with van der Waals surface area (Å²) in [5, 5.41) is 16.4. The van der Waals surface area contributed by atoms with Gasteiger partial charge in [-0.3, -0.25) is 0 Å². The largest absolute Gasteiger partial charge is 0.309 e. The summed E-state index contributed by atoms with van der Waals surface area (Å²) >= 11 is 0. The molecular weight excluding hydrogens is 1090 g/mol. The Morgan fingerprint density at radius 2 is 0.557 bits per heavy atom. The summed E-state index contributed by atoms with van der Waals surface area (Å²) in [5.74, 6) is 0. The summed E-state index contributed by atoms with van der Waals surface area (Å²) in [7, 11) is -6.00. The molecule has 1 aliphatic heterocycles. The topological polar surface area (TPSA) is 9.86 Å². The van der Waals surface area contributed by atoms with Crippen molar-refractivity contribution >= 4 is 101 Å². The van der Waals surface area contributed by atoms with Crippen LogP contribution in [0.25, 0.3) is 66.1 Å². The van der Waals surface area contributed by atoms with E-state index in [4.69, 9.17) is 0 Å². The number of aromatic nitrogens is 2. The van der Waals surface area contributed by atoms with Crippen LogP contribution in [0.4, 0.5) is 0 Å². The van der Waals surface area contributed by atoms with Crippen molar-refractivity contribution in [1.29, 1.82) is 0 Å². The molecular formula is C84H66N2Si2. The Morgan fingerprint density at radius 1 is 0.227 bits per heavy atom. The minimum absolute atomic E-state index is 0.219. The van der Waals surface area contributed by atoms with Gasteiger partial charge in [0, 0.05) is 43.7 Å². The average molecular weight is 1160 g/mol. The van der Waals surface area contributed by atoms with Crippen LogP contribution < -0.4 is 41.5 Å². The van der Waals surface area contributed by atoms with Gasteiger partial charge in [0.05, 0.1) is 22.1 Å². The van der Waals surface area contributed by atoms with E-state index in [1.807, 2.05) is 0 Å². The minimum atomic E-state index is -3.11. The van der Waals surface area contributed by atoms with Crippen molar-refractivity contribution in [2.24, 2.45) is 0 Å². The molecule has 420 valence electrons. The van der Waals surface area contributed by atoms with Crippen LogP contribution in [-0.2, 0) is 10.8 Å². The first kappa shape index (κ1) is 53.4. The Morgan fingerprint density at radius 3 is 1.00 bits per heavy atom. The quantitative estimate of drug-likeness (QED) is 0.114. The molecule has 0 atom stereocenters. The third-order valence-corrected chi connectivity index (χ3v) is 30.2. The molecule has 1 aliphatic rings. The van der Waals surface area contributed by atoms with Crippen LogP contribution in [0, 0.1) is 0 Å². The highest BCUT2D eigenvalue weighted by Gasteiger charge is 2.56. The average Bonchev–Trinajstić information content (AvgIpc) is 0.760. The van der Waals surface area contributed by atoms with Crippen molar-refractivity contribution in [2.75, 3.05) is 0 Å². The highest BCUT2D eigenvalue weighted by atomic mass is 28.3. The van der Waals surface area contributed by atoms with Crippen LogP contribution in [0.5, 0.6) is 0 Å². The molecule has 0 N–H and O–H groups in total. The summed E-state index contributed by atoms with van der Waals surface area (Å²) in [6.07, 6.45) is 0. The number of hydrogen-bond acceptors (Lipinski definition) is 0. The molecule has 16 rings (SSSR count). The molecule has 0 spiro atoms. The van der Waals surface area contributed by atoms with Gasteiger partial charge >= 0.3 is 0 Å². The lowest BCUT2D eigenvalue weighted by Gasteiger charge is -2.48. The van der Waals surface area contributed by atoms with Gasteiger partial charge < -0.3 is 9.13 Å². The highest BCUT2D eigenvalue weighted by Crippen LogP contribution is 2.43. The third-order valence-electron chi connectivity index (χ3n) is 19.9. The van der Waals surface area contributed by atoms with Gasteiger partial charge in [0.2, 0.25) is 0 Å². The second kappa shape index (κ2) is 20.8. The summed E-state index contributed by atoms with van der Waals surface area (Å²) in [6.45, 7) is 9.43. The van der Waals surface area contributed by atoms with Gasteiger partial charge in [-0.15, -0.1) is 0 Å². The molecule has 0 bridgehead atoms. The molecule has 13 aromatic carbocycles. The van der Waals surface area contributed by atoms with Gasteiger partial charge in [-0.05, 0) is 142 Å². The number of rotatable bonds is 11. The van der Waals surface area contributed by atoms with Crippen LogP contribution in [0.15, 0.2) is 328 Å². The van der Waals surface area contributed by atoms with Gasteiger partial charge in [0.1, 0.15) is 0 Å². The lowest BCUT2D eigenvalue weighted by molar-refractivity contribution is 0.641. The van der Waals surface area contributed by atoms with Crippen molar-refractivity contribution in [3.63, 3.8) is 0 Å². The van der Waals surface area contributed by atoms with E-state index in [-0.39, 0.29) is 10.8 Å². The molecule has 2 aromatic heterocycles. The maximum absolute atomic E-state index is 3.11. The van der Waals surface area contributed by atoms with Crippen LogP contribution in [0.2, 0.25) is 0 Å². The van der Waals surface area contributed by atoms with Gasteiger partial charge in [-0.25, -0.2) is 0 Å². The predicted octanol–water partition coefficient (Wildman–Crippen LogP) is 15.3. The van der Waals surface area contributed by atoms with E-state index in [2.05, 4.69) is 364 Å². The zero-order chi connectivity index (χ0) is 59.2. The van der Waals surface area contributed by atoms with E-state index < -0.39 is 16.1 Å². The molecule has 0 aliphatic carbocycles. The molecule has 2 nitrogen and oxygen atoms in total. The summed E-state index contributed by atoms with van der Waals surface area (Å²) < 4.78 is 5.07. The molecule has 0 radical (unpaired) electrons. The van der Waals surface area contributed by atoms with Crippen molar-refractivity contribution in [2.45, 2.75) is 38.5 Å². The van der Waals surface area contributed by atoms with E-state index in [0.717, 1.165) is 11.4 Å². The Balaban J connectivity index is 0.938. The minimum Gasteiger partial charge on any atom is -0.309 e. The molecule has 3 heterocycles. The molecule has 4 heteroatoms. The molecule has 15 aromatic rings. The van der Waals surface area contributed by atoms with Gasteiger partial charge in [-0.2, -0.15) is 0 Å². The van der Waals surface area contributed by atoms with Crippen LogP contribution >= 0.6 is 0 Å². The maximum Gasteiger partial charge on any atom is 0.179 e. The molecule has 88 heavy (non-hydrogen) atoms. The Kier molecular flexibility index (Phi) is 12.6. The summed E-state index contributed by atoms with van der Waals surface area (Å²) in [6, 6.07) is 125. The standard InChI is InChI=1S/C84H66N2Si2/c1-83(2,61-30-13-6-14-31-61)63-47-51-76-72(55-63)73-56-64(84(3,4)62-32-15-7-16-33-62)48-52-77(73)86(76)66-49-53-78-74(58-66)71-54-60(59-28-11-5-12-29-59)46-50-75(71)85(78)65-34-27-41-70(57-65)88(69-39-21-10-22-40-69)81-44-25-23-42-79(81)87(67-35-17-8-18-36-67,68-37-19-9-20-38-68)80-43-24-26-45-82(80)88/h5-58H,1-4H3. The third kappa shape index (κ3) is 8.05. The Hall–Kier alpha value is -10.1. The van der Waals surface area contributed by atoms with Crippen LogP contribution in [0.1, 0.15) is 49.9 Å². The second-order valence-electron chi connectivity index (χ2n) is 25.2. The first-order chi connectivity index (χ1) is 43.2. The van der Waals surface area contributed by atoms with Crippen molar-refractivity contribution < 1.29 is 0 Å². The number of fused-ring (bicyclic) bond motifs is 8. The number of benzene rings is 13. The number of nitrogens with zero attached hydrogens (tertiary/aromatic N) is 2. The Labute approximate surface area is 518 Å². The molecule has 0 fully saturated rings. The first-order valence-electron chi connectivity index (χ1n) is 31.0. The predicted molar refractivity (Wildman–Crippen MR) is 378 cm³/mol. The van der Waals surface area contributed by atoms with Crippen molar-refractivity contribution in [3.05, 3.63) is 350 Å². The first-order valence-corrected chi connectivity index (χ1v) is 35.0. The van der Waals surface area contributed by atoms with Crippen LogP contribution in [0.3, 0.4) is 0 Å². The summed E-state index contributed by atoms with van der Waals surface area (Å²) in [5.41, 5.74) is 14.1. The number of hydrogen-bond donors (Lipinski definition) is 0. The summed E-state index contributed by atoms with van der Waals surface area (Å²) in [4.78, 5) is 0. The second-order valence-corrected chi connectivity index (χ2v) is 32.6. The smallest absolute Gasteiger partial charge is 0.179 e. The monoisotopic (exact) mass is 1160 g/mol. The fourth-order valence-corrected chi connectivity index (χ4v) is 27.6. The van der Waals surface area contributed by atoms with E-state index >= 15 is 0 Å². The van der Waals surface area contributed by atoms with E-state index in [0.29, 0.717) is 0 Å². The zero-order valence-electron chi connectivity index (χ0n) is 50.1. The molecule has 0 unspecified atom stereocenters. The fraction of sp³-hybridized carbons (Fsp3) is 0.0714. The molecule has 0 saturated carbocycles. The van der Waals surface area contributed by atoms with Gasteiger partial charge in [0.15, 0.2) is 16.1 Å². The van der Waals surface area contributed by atoms with Gasteiger partial charge in [-0.1, -0.05) is 289 Å². The van der Waals surface area contributed by atoms with Crippen LogP contribution in [-0.4, -0.2) is 25.3 Å². The zero-order valence-corrected chi connectivity index (χ0v) is 52.1. The van der Waals surface area contributed by atoms with E-state index in [9.17, 15) is 0 Å². The van der Waals surface area contributed by atoms with Crippen molar-refractivity contribution in [3.8, 4) is 22.5 Å². The Bertz CT molecular complexity index is 4930. The lowest BCUT2D eigenvalue weighted by Crippen LogP contribution is -2.93. The van der Waals surface area contributed by atoms with E-state index in [1.54, 1.807) is 0 Å². The van der Waals surface area contributed by atoms with Crippen molar-refractivity contribution in [1.82, 2.24) is 9.13 Å². The maximum atomic E-state index is 2.57. The fourth-order valence-electron chi connectivity index (χ4n) is 15.4. The normalized spacial score (nSPS) is 13.6. The molecule has 0 saturated heterocycles. The molecule has 0 amide bonds. The van der Waals surface area contributed by atoms with Gasteiger partial charge in [0.25, 0.3) is 0 Å². The van der Waals surface area contributed by atoms with E-state index in [1.165, 1.54) is 118 Å². The lowest BCUT2D eigenvalue weighted by atomic mass is 9.77.